The zero-order valence-corrected chi connectivity index (χ0v) is 12.3. The first-order valence-corrected chi connectivity index (χ1v) is 6.94. The topological polar surface area (TPSA) is 50.2 Å². The molecule has 3 aromatic rings. The van der Waals surface area contributed by atoms with Crippen LogP contribution in [-0.4, -0.2) is 16.1 Å². The summed E-state index contributed by atoms with van der Waals surface area (Å²) >= 11 is 3.28. The summed E-state index contributed by atoms with van der Waals surface area (Å²) in [6.45, 7) is 0. The summed E-state index contributed by atoms with van der Waals surface area (Å²) in [7, 11) is 0. The van der Waals surface area contributed by atoms with Gasteiger partial charge in [-0.2, -0.15) is 0 Å². The molecule has 0 amide bonds. The molecule has 104 valence electrons. The minimum Gasteiger partial charge on any atom is -0.478 e. The van der Waals surface area contributed by atoms with E-state index in [1.54, 1.807) is 30.3 Å². The predicted octanol–water partition coefficient (Wildman–Crippen LogP) is 4.50. The maximum absolute atomic E-state index is 13.2. The Morgan fingerprint density at radius 3 is 2.62 bits per heavy atom. The Kier molecular flexibility index (Phi) is 3.43. The SMILES string of the molecule is O=C(O)c1cc(-c2ccc(F)cc2Br)nc2ccccc12. The molecule has 0 saturated heterocycles. The van der Waals surface area contributed by atoms with Gasteiger partial charge in [0, 0.05) is 15.4 Å². The third-order valence-corrected chi connectivity index (χ3v) is 3.81. The Hall–Kier alpha value is -2.27. The molecule has 1 N–H and O–H groups in total. The highest BCUT2D eigenvalue weighted by Crippen LogP contribution is 2.30. The molecule has 0 aliphatic heterocycles. The van der Waals surface area contributed by atoms with Gasteiger partial charge in [-0.1, -0.05) is 18.2 Å². The first kappa shape index (κ1) is 13.7. The normalized spacial score (nSPS) is 10.8. The molecule has 1 heterocycles. The van der Waals surface area contributed by atoms with Crippen LogP contribution in [0.2, 0.25) is 0 Å². The van der Waals surface area contributed by atoms with Gasteiger partial charge in [0.25, 0.3) is 0 Å². The molecule has 0 saturated carbocycles. The average molecular weight is 346 g/mol. The molecule has 0 fully saturated rings. The number of fused-ring (bicyclic) bond motifs is 1. The van der Waals surface area contributed by atoms with Crippen LogP contribution in [0.5, 0.6) is 0 Å². The van der Waals surface area contributed by atoms with E-state index in [1.165, 1.54) is 18.2 Å². The van der Waals surface area contributed by atoms with Crippen LogP contribution in [0.3, 0.4) is 0 Å². The number of pyridine rings is 1. The zero-order valence-electron chi connectivity index (χ0n) is 10.7. The summed E-state index contributed by atoms with van der Waals surface area (Å²) in [5.74, 6) is -1.39. The fraction of sp³-hybridized carbons (Fsp3) is 0. The standard InChI is InChI=1S/C16H9BrFNO2/c17-13-7-9(18)5-6-11(13)15-8-12(16(20)21)10-3-1-2-4-14(10)19-15/h1-8H,(H,20,21). The Bertz CT molecular complexity index is 864. The number of aromatic nitrogens is 1. The van der Waals surface area contributed by atoms with Gasteiger partial charge in [0.1, 0.15) is 5.82 Å². The van der Waals surface area contributed by atoms with Crippen LogP contribution in [0.1, 0.15) is 10.4 Å². The second-order valence-corrected chi connectivity index (χ2v) is 5.36. The first-order valence-electron chi connectivity index (χ1n) is 6.15. The molecule has 2 aromatic carbocycles. The van der Waals surface area contributed by atoms with Crippen molar-refractivity contribution in [2.24, 2.45) is 0 Å². The van der Waals surface area contributed by atoms with E-state index in [0.717, 1.165) is 0 Å². The first-order chi connectivity index (χ1) is 10.1. The third-order valence-electron chi connectivity index (χ3n) is 3.15. The third kappa shape index (κ3) is 2.52. The molecule has 0 spiro atoms. The molecular weight excluding hydrogens is 337 g/mol. The summed E-state index contributed by atoms with van der Waals surface area (Å²) in [6, 6.07) is 12.8. The largest absolute Gasteiger partial charge is 0.478 e. The fourth-order valence-corrected chi connectivity index (χ4v) is 2.74. The van der Waals surface area contributed by atoms with E-state index in [4.69, 9.17) is 0 Å². The van der Waals surface area contributed by atoms with E-state index in [-0.39, 0.29) is 11.4 Å². The van der Waals surface area contributed by atoms with Gasteiger partial charge >= 0.3 is 5.97 Å². The molecule has 21 heavy (non-hydrogen) atoms. The second-order valence-electron chi connectivity index (χ2n) is 4.50. The minimum absolute atomic E-state index is 0.173. The number of nitrogens with zero attached hydrogens (tertiary/aromatic N) is 1. The number of aromatic carboxylic acids is 1. The maximum Gasteiger partial charge on any atom is 0.336 e. The van der Waals surface area contributed by atoms with Crippen molar-refractivity contribution in [3.63, 3.8) is 0 Å². The molecule has 0 aliphatic carbocycles. The minimum atomic E-state index is -1.02. The monoisotopic (exact) mass is 345 g/mol. The Balaban J connectivity index is 2.31. The molecule has 0 unspecified atom stereocenters. The fourth-order valence-electron chi connectivity index (χ4n) is 2.19. The molecular formula is C16H9BrFNO2. The van der Waals surface area contributed by atoms with E-state index in [9.17, 15) is 14.3 Å². The van der Waals surface area contributed by atoms with Crippen LogP contribution >= 0.6 is 15.9 Å². The van der Waals surface area contributed by atoms with Gasteiger partial charge in [-0.25, -0.2) is 14.2 Å². The van der Waals surface area contributed by atoms with E-state index in [1.807, 2.05) is 0 Å². The molecule has 0 aliphatic rings. The number of carboxylic acid groups (broad SMARTS) is 1. The lowest BCUT2D eigenvalue weighted by Gasteiger charge is -2.08. The van der Waals surface area contributed by atoms with Gasteiger partial charge in [0.05, 0.1) is 16.8 Å². The van der Waals surface area contributed by atoms with Crippen molar-refractivity contribution in [3.8, 4) is 11.3 Å². The number of hydrogen-bond donors (Lipinski definition) is 1. The van der Waals surface area contributed by atoms with Crippen molar-refractivity contribution in [3.05, 3.63) is 64.4 Å². The second kappa shape index (κ2) is 5.26. The van der Waals surface area contributed by atoms with Crippen molar-refractivity contribution in [2.75, 3.05) is 0 Å². The summed E-state index contributed by atoms with van der Waals surface area (Å²) < 4.78 is 13.7. The number of carboxylic acids is 1. The highest BCUT2D eigenvalue weighted by molar-refractivity contribution is 9.10. The number of halogens is 2. The Labute approximate surface area is 128 Å². The molecule has 3 nitrogen and oxygen atoms in total. The number of carbonyl (C=O) groups is 1. The van der Waals surface area contributed by atoms with Crippen molar-refractivity contribution < 1.29 is 14.3 Å². The lowest BCUT2D eigenvalue weighted by atomic mass is 10.0. The van der Waals surface area contributed by atoms with Crippen molar-refractivity contribution in [1.82, 2.24) is 4.98 Å². The molecule has 3 rings (SSSR count). The van der Waals surface area contributed by atoms with Gasteiger partial charge in [-0.15, -0.1) is 0 Å². The zero-order chi connectivity index (χ0) is 15.0. The van der Waals surface area contributed by atoms with E-state index in [0.29, 0.717) is 26.6 Å². The average Bonchev–Trinajstić information content (AvgIpc) is 2.46. The molecule has 5 heteroatoms. The van der Waals surface area contributed by atoms with Crippen LogP contribution in [0.4, 0.5) is 4.39 Å². The summed E-state index contributed by atoms with van der Waals surface area (Å²) in [6.07, 6.45) is 0. The molecule has 0 atom stereocenters. The Morgan fingerprint density at radius 1 is 1.14 bits per heavy atom. The maximum atomic E-state index is 13.2. The van der Waals surface area contributed by atoms with Crippen molar-refractivity contribution in [1.29, 1.82) is 0 Å². The summed E-state index contributed by atoms with van der Waals surface area (Å²) in [5, 5.41) is 9.94. The summed E-state index contributed by atoms with van der Waals surface area (Å²) in [4.78, 5) is 15.9. The van der Waals surface area contributed by atoms with Gasteiger partial charge in [-0.3, -0.25) is 0 Å². The molecule has 0 bridgehead atoms. The lowest BCUT2D eigenvalue weighted by molar-refractivity contribution is 0.0699. The van der Waals surface area contributed by atoms with Crippen molar-refractivity contribution in [2.45, 2.75) is 0 Å². The van der Waals surface area contributed by atoms with E-state index in [2.05, 4.69) is 20.9 Å². The van der Waals surface area contributed by atoms with Gasteiger partial charge in [0.15, 0.2) is 0 Å². The summed E-state index contributed by atoms with van der Waals surface area (Å²) in [5.41, 5.74) is 1.89. The quantitative estimate of drug-likeness (QED) is 0.743. The number of benzene rings is 2. The van der Waals surface area contributed by atoms with E-state index < -0.39 is 5.97 Å². The molecule has 0 radical (unpaired) electrons. The van der Waals surface area contributed by atoms with Crippen LogP contribution in [-0.2, 0) is 0 Å². The van der Waals surface area contributed by atoms with Gasteiger partial charge in [0.2, 0.25) is 0 Å². The highest BCUT2D eigenvalue weighted by Gasteiger charge is 2.14. The molecule has 1 aromatic heterocycles. The Morgan fingerprint density at radius 2 is 1.90 bits per heavy atom. The highest BCUT2D eigenvalue weighted by atomic mass is 79.9. The van der Waals surface area contributed by atoms with Gasteiger partial charge < -0.3 is 5.11 Å². The number of rotatable bonds is 2. The van der Waals surface area contributed by atoms with E-state index >= 15 is 0 Å². The van der Waals surface area contributed by atoms with Crippen LogP contribution in [0, 0.1) is 5.82 Å². The lowest BCUT2D eigenvalue weighted by Crippen LogP contribution is -2.00. The number of para-hydroxylation sites is 1. The van der Waals surface area contributed by atoms with Crippen LogP contribution < -0.4 is 0 Å². The van der Waals surface area contributed by atoms with Gasteiger partial charge in [-0.05, 0) is 46.3 Å². The van der Waals surface area contributed by atoms with Crippen LogP contribution in [0.15, 0.2) is 53.0 Å². The van der Waals surface area contributed by atoms with Crippen LogP contribution in [0.25, 0.3) is 22.2 Å². The smallest absolute Gasteiger partial charge is 0.336 e. The van der Waals surface area contributed by atoms with Crippen molar-refractivity contribution >= 4 is 32.8 Å². The number of hydrogen-bond acceptors (Lipinski definition) is 2. The predicted molar refractivity (Wildman–Crippen MR) is 81.8 cm³/mol.